The molecular formula is C15H23N7O. The Morgan fingerprint density at radius 3 is 2.87 bits per heavy atom. The molecule has 0 radical (unpaired) electrons. The number of unbranched alkanes of at least 4 members (excludes halogenated alkanes) is 1. The average molecular weight is 317 g/mol. The van der Waals surface area contributed by atoms with Crippen molar-refractivity contribution in [2.24, 2.45) is 4.99 Å². The van der Waals surface area contributed by atoms with Gasteiger partial charge in [-0.2, -0.15) is 10.4 Å². The van der Waals surface area contributed by atoms with E-state index >= 15 is 0 Å². The summed E-state index contributed by atoms with van der Waals surface area (Å²) in [7, 11) is 1.61. The molecule has 0 spiro atoms. The van der Waals surface area contributed by atoms with E-state index < -0.39 is 0 Å². The number of nitrogens with one attached hydrogen (secondary N) is 2. The Bertz CT molecular complexity index is 625. The van der Waals surface area contributed by atoms with Crippen LogP contribution in [0.5, 0.6) is 0 Å². The van der Waals surface area contributed by atoms with Gasteiger partial charge in [-0.3, -0.25) is 15.1 Å². The van der Waals surface area contributed by atoms with Crippen LogP contribution in [0.15, 0.2) is 21.9 Å². The van der Waals surface area contributed by atoms with Gasteiger partial charge in [0.15, 0.2) is 6.19 Å². The van der Waals surface area contributed by atoms with Crippen molar-refractivity contribution >= 4 is 11.8 Å². The lowest BCUT2D eigenvalue weighted by Gasteiger charge is -2.17. The third kappa shape index (κ3) is 4.98. The third-order valence-electron chi connectivity index (χ3n) is 3.77. The molecule has 0 unspecified atom stereocenters. The molecule has 1 saturated heterocycles. The van der Waals surface area contributed by atoms with Crippen molar-refractivity contribution in [1.29, 1.82) is 5.26 Å². The van der Waals surface area contributed by atoms with E-state index in [0.29, 0.717) is 19.0 Å². The molecule has 0 atom stereocenters. The van der Waals surface area contributed by atoms with Crippen molar-refractivity contribution in [2.75, 3.05) is 31.6 Å². The van der Waals surface area contributed by atoms with Gasteiger partial charge in [-0.05, 0) is 31.7 Å². The predicted octanol–water partition coefficient (Wildman–Crippen LogP) is 0.270. The fraction of sp³-hybridized carbons (Fsp3) is 0.600. The van der Waals surface area contributed by atoms with Gasteiger partial charge in [-0.1, -0.05) is 0 Å². The van der Waals surface area contributed by atoms with Crippen LogP contribution in [-0.4, -0.2) is 42.4 Å². The number of aryl methyl sites for hydroxylation is 1. The molecule has 1 aromatic rings. The molecule has 124 valence electrons. The summed E-state index contributed by atoms with van der Waals surface area (Å²) in [6.07, 6.45) is 5.87. The number of aromatic nitrogens is 2. The second kappa shape index (κ2) is 8.78. The van der Waals surface area contributed by atoms with Gasteiger partial charge in [0.25, 0.3) is 5.56 Å². The number of rotatable bonds is 6. The maximum Gasteiger partial charge on any atom is 0.266 e. The highest BCUT2D eigenvalue weighted by atomic mass is 16.1. The van der Waals surface area contributed by atoms with Gasteiger partial charge < -0.3 is 10.2 Å². The molecule has 2 rings (SSSR count). The van der Waals surface area contributed by atoms with Crippen molar-refractivity contribution in [3.05, 3.63) is 22.5 Å². The smallest absolute Gasteiger partial charge is 0.266 e. The molecule has 1 aliphatic rings. The number of guanidine groups is 1. The van der Waals surface area contributed by atoms with Crippen molar-refractivity contribution in [1.82, 2.24) is 20.4 Å². The third-order valence-corrected chi connectivity index (χ3v) is 3.77. The maximum atomic E-state index is 11.9. The molecule has 0 amide bonds. The Balaban J connectivity index is 1.80. The number of aliphatic imine (C=N–C) groups is 1. The minimum Gasteiger partial charge on any atom is -0.356 e. The van der Waals surface area contributed by atoms with Gasteiger partial charge in [0, 0.05) is 39.3 Å². The molecule has 2 heterocycles. The van der Waals surface area contributed by atoms with E-state index in [0.717, 1.165) is 31.7 Å². The summed E-state index contributed by atoms with van der Waals surface area (Å²) in [6, 6.07) is 3.40. The zero-order valence-electron chi connectivity index (χ0n) is 13.5. The molecule has 0 aliphatic carbocycles. The van der Waals surface area contributed by atoms with E-state index in [1.165, 1.54) is 17.5 Å². The Labute approximate surface area is 135 Å². The van der Waals surface area contributed by atoms with E-state index in [9.17, 15) is 4.79 Å². The van der Waals surface area contributed by atoms with Gasteiger partial charge in [-0.25, -0.2) is 4.68 Å². The van der Waals surface area contributed by atoms with E-state index in [1.54, 1.807) is 13.1 Å². The second-order valence-electron chi connectivity index (χ2n) is 5.39. The van der Waals surface area contributed by atoms with Gasteiger partial charge in [0.1, 0.15) is 5.82 Å². The highest BCUT2D eigenvalue weighted by Gasteiger charge is 2.14. The molecule has 8 nitrogen and oxygen atoms in total. The fourth-order valence-electron chi connectivity index (χ4n) is 2.54. The first-order chi connectivity index (χ1) is 11.2. The standard InChI is InChI=1S/C15H23N7O/c1-17-15(19-12-16)18-8-2-3-11-22-14(23)7-6-13(20-22)21-9-4-5-10-21/h6-7H,2-5,8-11H2,1H3,(H2,17,18,19). The van der Waals surface area contributed by atoms with E-state index in [-0.39, 0.29) is 5.56 Å². The number of anilines is 1. The molecular weight excluding hydrogens is 294 g/mol. The average Bonchev–Trinajstić information content (AvgIpc) is 3.09. The van der Waals surface area contributed by atoms with Crippen LogP contribution in [0.1, 0.15) is 25.7 Å². The van der Waals surface area contributed by atoms with E-state index in [2.05, 4.69) is 25.6 Å². The van der Waals surface area contributed by atoms with Crippen LogP contribution < -0.4 is 21.1 Å². The first-order valence-corrected chi connectivity index (χ1v) is 7.93. The van der Waals surface area contributed by atoms with Crippen LogP contribution in [0.4, 0.5) is 5.82 Å². The summed E-state index contributed by atoms with van der Waals surface area (Å²) in [5.74, 6) is 1.35. The summed E-state index contributed by atoms with van der Waals surface area (Å²) in [6.45, 7) is 3.30. The van der Waals surface area contributed by atoms with Crippen molar-refractivity contribution in [2.45, 2.75) is 32.2 Å². The minimum atomic E-state index is -0.0668. The fourth-order valence-corrected chi connectivity index (χ4v) is 2.54. The highest BCUT2D eigenvalue weighted by molar-refractivity contribution is 5.80. The monoisotopic (exact) mass is 317 g/mol. The number of hydrogen-bond donors (Lipinski definition) is 2. The summed E-state index contributed by atoms with van der Waals surface area (Å²) >= 11 is 0. The van der Waals surface area contributed by atoms with Crippen LogP contribution in [0.3, 0.4) is 0 Å². The molecule has 0 aromatic carbocycles. The number of nitrogens with zero attached hydrogens (tertiary/aromatic N) is 5. The zero-order chi connectivity index (χ0) is 16.5. The topological polar surface area (TPSA) is 98.3 Å². The first kappa shape index (κ1) is 16.8. The molecule has 8 heteroatoms. The van der Waals surface area contributed by atoms with Gasteiger partial charge in [0.2, 0.25) is 5.96 Å². The van der Waals surface area contributed by atoms with E-state index in [4.69, 9.17) is 5.26 Å². The summed E-state index contributed by atoms with van der Waals surface area (Å²) < 4.78 is 1.54. The van der Waals surface area contributed by atoms with Crippen LogP contribution >= 0.6 is 0 Å². The summed E-state index contributed by atoms with van der Waals surface area (Å²) in [5.41, 5.74) is -0.0668. The molecule has 1 aromatic heterocycles. The van der Waals surface area contributed by atoms with Crippen molar-refractivity contribution in [3.8, 4) is 6.19 Å². The second-order valence-corrected chi connectivity index (χ2v) is 5.39. The van der Waals surface area contributed by atoms with Gasteiger partial charge in [0.05, 0.1) is 0 Å². The van der Waals surface area contributed by atoms with Crippen molar-refractivity contribution in [3.63, 3.8) is 0 Å². The Morgan fingerprint density at radius 2 is 2.17 bits per heavy atom. The maximum absolute atomic E-state index is 11.9. The lowest BCUT2D eigenvalue weighted by molar-refractivity contribution is 0.528. The molecule has 2 N–H and O–H groups in total. The Hall–Kier alpha value is -2.56. The lowest BCUT2D eigenvalue weighted by Crippen LogP contribution is -2.35. The van der Waals surface area contributed by atoms with Crippen LogP contribution in [0.25, 0.3) is 0 Å². The quantitative estimate of drug-likeness (QED) is 0.257. The Morgan fingerprint density at radius 1 is 1.39 bits per heavy atom. The molecule has 23 heavy (non-hydrogen) atoms. The summed E-state index contributed by atoms with van der Waals surface area (Å²) in [5, 5.41) is 18.5. The molecule has 0 saturated carbocycles. The van der Waals surface area contributed by atoms with Crippen LogP contribution in [-0.2, 0) is 6.54 Å². The van der Waals surface area contributed by atoms with Gasteiger partial charge in [-0.15, -0.1) is 0 Å². The van der Waals surface area contributed by atoms with Crippen LogP contribution in [0, 0.1) is 11.5 Å². The lowest BCUT2D eigenvalue weighted by atomic mass is 10.3. The largest absolute Gasteiger partial charge is 0.356 e. The van der Waals surface area contributed by atoms with Crippen LogP contribution in [0.2, 0.25) is 0 Å². The zero-order valence-corrected chi connectivity index (χ0v) is 13.5. The number of hydrogen-bond acceptors (Lipinski definition) is 5. The van der Waals surface area contributed by atoms with E-state index in [1.807, 2.05) is 12.3 Å². The van der Waals surface area contributed by atoms with Crippen molar-refractivity contribution < 1.29 is 0 Å². The SMILES string of the molecule is CN=C(NC#N)NCCCCn1nc(N2CCCC2)ccc1=O. The highest BCUT2D eigenvalue weighted by Crippen LogP contribution is 2.15. The first-order valence-electron chi connectivity index (χ1n) is 7.93. The Kier molecular flexibility index (Phi) is 6.41. The normalized spacial score (nSPS) is 14.6. The molecule has 1 fully saturated rings. The summed E-state index contributed by atoms with van der Waals surface area (Å²) in [4.78, 5) is 18.0. The van der Waals surface area contributed by atoms with Gasteiger partial charge >= 0.3 is 0 Å². The molecule has 1 aliphatic heterocycles. The minimum absolute atomic E-state index is 0.0668. The number of nitriles is 1. The molecule has 0 bridgehead atoms. The predicted molar refractivity (Wildman–Crippen MR) is 89.3 cm³/mol.